The van der Waals surface area contributed by atoms with Gasteiger partial charge in [0.2, 0.25) is 0 Å². The molecular formula is C32H58O5. The van der Waals surface area contributed by atoms with Gasteiger partial charge >= 0.3 is 11.9 Å². The molecule has 0 amide bonds. The van der Waals surface area contributed by atoms with Gasteiger partial charge in [0.25, 0.3) is 0 Å². The fraction of sp³-hybridized carbons (Fsp3) is 0.812. The van der Waals surface area contributed by atoms with Gasteiger partial charge < -0.3 is 14.6 Å². The average molecular weight is 523 g/mol. The first-order valence-electron chi connectivity index (χ1n) is 15.4. The summed E-state index contributed by atoms with van der Waals surface area (Å²) in [5.74, 6) is -0.611. The largest absolute Gasteiger partial charge is 0.462 e. The molecule has 37 heavy (non-hydrogen) atoms. The van der Waals surface area contributed by atoms with Crippen LogP contribution in [0.25, 0.3) is 0 Å². The van der Waals surface area contributed by atoms with Crippen molar-refractivity contribution in [2.75, 3.05) is 13.2 Å². The molecule has 0 aliphatic carbocycles. The third kappa shape index (κ3) is 27.2. The Kier molecular flexibility index (Phi) is 27.7. The number of unbranched alkanes of at least 4 members (excludes halogenated alkanes) is 15. The quantitative estimate of drug-likeness (QED) is 0.0663. The molecule has 0 spiro atoms. The summed E-state index contributed by atoms with van der Waals surface area (Å²) in [5.41, 5.74) is 0. The molecule has 1 unspecified atom stereocenters. The lowest BCUT2D eigenvalue weighted by Gasteiger charge is -2.15. The van der Waals surface area contributed by atoms with Gasteiger partial charge in [-0.25, -0.2) is 0 Å². The zero-order valence-corrected chi connectivity index (χ0v) is 24.2. The Morgan fingerprint density at radius 3 is 1.68 bits per heavy atom. The van der Waals surface area contributed by atoms with Crippen molar-refractivity contribution in [1.29, 1.82) is 0 Å². The van der Waals surface area contributed by atoms with Crippen molar-refractivity contribution in [2.45, 2.75) is 155 Å². The van der Waals surface area contributed by atoms with Gasteiger partial charge in [-0.05, 0) is 38.5 Å². The Balaban J connectivity index is 3.63. The maximum Gasteiger partial charge on any atom is 0.306 e. The van der Waals surface area contributed by atoms with Gasteiger partial charge in [-0.15, -0.1) is 0 Å². The van der Waals surface area contributed by atoms with Crippen molar-refractivity contribution in [1.82, 2.24) is 0 Å². The first-order chi connectivity index (χ1) is 18.1. The number of ether oxygens (including phenoxy) is 2. The van der Waals surface area contributed by atoms with Crippen LogP contribution in [0.2, 0.25) is 0 Å². The summed E-state index contributed by atoms with van der Waals surface area (Å²) in [4.78, 5) is 24.0. The molecule has 0 heterocycles. The van der Waals surface area contributed by atoms with Crippen LogP contribution >= 0.6 is 0 Å². The maximum atomic E-state index is 12.0. The lowest BCUT2D eigenvalue weighted by atomic mass is 10.1. The number of carbonyl (C=O) groups is 2. The van der Waals surface area contributed by atoms with Gasteiger partial charge in [0.05, 0.1) is 6.61 Å². The normalized spacial score (nSPS) is 12.4. The van der Waals surface area contributed by atoms with Crippen molar-refractivity contribution in [3.63, 3.8) is 0 Å². The van der Waals surface area contributed by atoms with E-state index in [9.17, 15) is 14.7 Å². The number of carbonyl (C=O) groups excluding carboxylic acids is 2. The molecule has 0 aliphatic rings. The van der Waals surface area contributed by atoms with E-state index < -0.39 is 6.10 Å². The first kappa shape index (κ1) is 35.4. The van der Waals surface area contributed by atoms with Crippen molar-refractivity contribution < 1.29 is 24.2 Å². The van der Waals surface area contributed by atoms with E-state index in [0.29, 0.717) is 12.8 Å². The molecule has 0 aromatic carbocycles. The Labute approximate surface area is 228 Å². The summed E-state index contributed by atoms with van der Waals surface area (Å²) in [6.07, 6.45) is 30.8. The molecule has 0 saturated heterocycles. The molecule has 0 aromatic heterocycles. The molecule has 0 aliphatic heterocycles. The Bertz CT molecular complexity index is 570. The van der Waals surface area contributed by atoms with Gasteiger partial charge in [-0.1, -0.05) is 122 Å². The summed E-state index contributed by atoms with van der Waals surface area (Å²) < 4.78 is 10.5. The van der Waals surface area contributed by atoms with Crippen LogP contribution in [0.5, 0.6) is 0 Å². The van der Waals surface area contributed by atoms with Crippen LogP contribution in [0, 0.1) is 0 Å². The summed E-state index contributed by atoms with van der Waals surface area (Å²) in [5, 5.41) is 9.46. The minimum Gasteiger partial charge on any atom is -0.462 e. The minimum atomic E-state index is -0.771. The topological polar surface area (TPSA) is 72.8 Å². The molecule has 0 saturated carbocycles. The second-order valence-electron chi connectivity index (χ2n) is 10.2. The molecule has 0 radical (unpaired) electrons. The SMILES string of the molecule is CCCC/C=C\C/C=C\CCCCCCCC(=O)OC(CO)COC(=O)CCCCCCCCCCC. The molecule has 216 valence electrons. The fourth-order valence-electron chi connectivity index (χ4n) is 4.10. The van der Waals surface area contributed by atoms with Crippen LogP contribution in [0.1, 0.15) is 149 Å². The zero-order chi connectivity index (χ0) is 27.2. The first-order valence-corrected chi connectivity index (χ1v) is 15.4. The van der Waals surface area contributed by atoms with Crippen molar-refractivity contribution in [2.24, 2.45) is 0 Å². The van der Waals surface area contributed by atoms with Crippen LogP contribution in [-0.4, -0.2) is 36.4 Å². The molecule has 0 aromatic rings. The van der Waals surface area contributed by atoms with E-state index in [1.54, 1.807) is 0 Å². The average Bonchev–Trinajstić information content (AvgIpc) is 2.90. The number of rotatable bonds is 27. The van der Waals surface area contributed by atoms with Crippen LogP contribution in [0.3, 0.4) is 0 Å². The van der Waals surface area contributed by atoms with Crippen LogP contribution in [0.15, 0.2) is 24.3 Å². The van der Waals surface area contributed by atoms with Crippen LogP contribution in [0.4, 0.5) is 0 Å². The lowest BCUT2D eigenvalue weighted by Crippen LogP contribution is -2.28. The van der Waals surface area contributed by atoms with E-state index in [1.165, 1.54) is 70.6 Å². The number of aliphatic hydroxyl groups excluding tert-OH is 1. The maximum absolute atomic E-state index is 12.0. The highest BCUT2D eigenvalue weighted by Crippen LogP contribution is 2.12. The zero-order valence-electron chi connectivity index (χ0n) is 24.2. The van der Waals surface area contributed by atoms with E-state index in [-0.39, 0.29) is 25.2 Å². The van der Waals surface area contributed by atoms with Crippen molar-refractivity contribution >= 4 is 11.9 Å². The van der Waals surface area contributed by atoms with E-state index in [2.05, 4.69) is 38.2 Å². The molecule has 1 atom stereocenters. The Hall–Kier alpha value is -1.62. The summed E-state index contributed by atoms with van der Waals surface area (Å²) >= 11 is 0. The summed E-state index contributed by atoms with van der Waals surface area (Å²) in [7, 11) is 0. The summed E-state index contributed by atoms with van der Waals surface area (Å²) in [6, 6.07) is 0. The predicted molar refractivity (Wildman–Crippen MR) is 155 cm³/mol. The van der Waals surface area contributed by atoms with E-state index >= 15 is 0 Å². The van der Waals surface area contributed by atoms with E-state index in [1.807, 2.05) is 0 Å². The summed E-state index contributed by atoms with van der Waals surface area (Å²) in [6.45, 7) is 4.04. The third-order valence-corrected chi connectivity index (χ3v) is 6.50. The predicted octanol–water partition coefficient (Wildman–Crippen LogP) is 8.78. The molecule has 5 heteroatoms. The number of allylic oxidation sites excluding steroid dienone is 4. The van der Waals surface area contributed by atoms with Crippen LogP contribution in [-0.2, 0) is 19.1 Å². The Morgan fingerprint density at radius 2 is 1.11 bits per heavy atom. The van der Waals surface area contributed by atoms with Gasteiger partial charge in [-0.2, -0.15) is 0 Å². The number of esters is 2. The second kappa shape index (κ2) is 28.9. The molecule has 1 N–H and O–H groups in total. The van der Waals surface area contributed by atoms with Crippen molar-refractivity contribution in [3.8, 4) is 0 Å². The number of hydrogen-bond donors (Lipinski definition) is 1. The molecule has 0 bridgehead atoms. The minimum absolute atomic E-state index is 0.0689. The second-order valence-corrected chi connectivity index (χ2v) is 10.2. The Morgan fingerprint density at radius 1 is 0.622 bits per heavy atom. The van der Waals surface area contributed by atoms with Crippen molar-refractivity contribution in [3.05, 3.63) is 24.3 Å². The highest BCUT2D eigenvalue weighted by atomic mass is 16.6. The van der Waals surface area contributed by atoms with E-state index in [4.69, 9.17) is 9.47 Å². The highest BCUT2D eigenvalue weighted by molar-refractivity contribution is 5.70. The van der Waals surface area contributed by atoms with Crippen LogP contribution < -0.4 is 0 Å². The molecule has 0 rings (SSSR count). The van der Waals surface area contributed by atoms with Gasteiger partial charge in [0.1, 0.15) is 6.61 Å². The molecule has 5 nitrogen and oxygen atoms in total. The monoisotopic (exact) mass is 522 g/mol. The fourth-order valence-corrected chi connectivity index (χ4v) is 4.10. The third-order valence-electron chi connectivity index (χ3n) is 6.50. The lowest BCUT2D eigenvalue weighted by molar-refractivity contribution is -0.161. The van der Waals surface area contributed by atoms with Gasteiger partial charge in [0, 0.05) is 12.8 Å². The number of aliphatic hydroxyl groups is 1. The van der Waals surface area contributed by atoms with Gasteiger partial charge in [0.15, 0.2) is 6.10 Å². The molecule has 0 fully saturated rings. The van der Waals surface area contributed by atoms with E-state index in [0.717, 1.165) is 51.4 Å². The smallest absolute Gasteiger partial charge is 0.306 e. The number of hydrogen-bond acceptors (Lipinski definition) is 5. The highest BCUT2D eigenvalue weighted by Gasteiger charge is 2.16. The molecular weight excluding hydrogens is 464 g/mol. The standard InChI is InChI=1S/C32H58O5/c1-3-5-7-9-11-13-14-15-16-17-19-21-23-25-27-32(35)37-30(28-33)29-36-31(34)26-24-22-20-18-12-10-8-6-4-2/h9,11,14-15,30,33H,3-8,10,12-13,16-29H2,1-2H3/b11-9-,15-14-. The van der Waals surface area contributed by atoms with Gasteiger partial charge in [-0.3, -0.25) is 9.59 Å².